The molecule has 5 nitrogen and oxygen atoms in total. The van der Waals surface area contributed by atoms with Gasteiger partial charge in [-0.3, -0.25) is 9.59 Å². The van der Waals surface area contributed by atoms with Crippen molar-refractivity contribution < 1.29 is 32.6 Å². The van der Waals surface area contributed by atoms with Crippen LogP contribution in [0.5, 0.6) is 5.75 Å². The van der Waals surface area contributed by atoms with E-state index in [2.05, 4.69) is 10.1 Å². The number of carboxylic acids is 1. The maximum Gasteiger partial charge on any atom is 0.573 e. The van der Waals surface area contributed by atoms with Crippen LogP contribution in [0.4, 0.5) is 18.9 Å². The zero-order valence-electron chi connectivity index (χ0n) is 10.0. The zero-order valence-corrected chi connectivity index (χ0v) is 10.0. The Hall–Kier alpha value is -2.25. The van der Waals surface area contributed by atoms with E-state index >= 15 is 0 Å². The fourth-order valence-corrected chi connectivity index (χ4v) is 1.68. The van der Waals surface area contributed by atoms with Gasteiger partial charge in [-0.05, 0) is 25.0 Å². The molecule has 1 aliphatic carbocycles. The van der Waals surface area contributed by atoms with Crippen molar-refractivity contribution >= 4 is 17.6 Å². The molecule has 108 valence electrons. The maximum absolute atomic E-state index is 12.1. The third-order valence-corrected chi connectivity index (χ3v) is 2.92. The van der Waals surface area contributed by atoms with Gasteiger partial charge in [0.25, 0.3) is 0 Å². The van der Waals surface area contributed by atoms with Gasteiger partial charge in [0.05, 0.1) is 0 Å². The van der Waals surface area contributed by atoms with Crippen LogP contribution in [0.2, 0.25) is 0 Å². The lowest BCUT2D eigenvalue weighted by atomic mass is 10.1. The maximum atomic E-state index is 12.1. The van der Waals surface area contributed by atoms with Crippen LogP contribution in [-0.4, -0.2) is 23.3 Å². The molecule has 20 heavy (non-hydrogen) atoms. The van der Waals surface area contributed by atoms with E-state index in [9.17, 15) is 22.8 Å². The summed E-state index contributed by atoms with van der Waals surface area (Å²) in [6, 6.07) is 4.66. The average Bonchev–Trinajstić information content (AvgIpc) is 3.07. The number of benzene rings is 1. The fourth-order valence-electron chi connectivity index (χ4n) is 1.68. The molecule has 0 radical (unpaired) electrons. The SMILES string of the molecule is O=C(O)C1(C(=O)Nc2cccc(OC(F)(F)F)c2)CC1. The monoisotopic (exact) mass is 289 g/mol. The summed E-state index contributed by atoms with van der Waals surface area (Å²) in [5.74, 6) is -2.47. The molecular formula is C12H10F3NO4. The first kappa shape index (κ1) is 14.2. The van der Waals surface area contributed by atoms with E-state index in [4.69, 9.17) is 5.11 Å². The van der Waals surface area contributed by atoms with Gasteiger partial charge in [-0.2, -0.15) is 0 Å². The molecule has 0 saturated heterocycles. The molecule has 0 aliphatic heterocycles. The van der Waals surface area contributed by atoms with Gasteiger partial charge < -0.3 is 15.2 Å². The smallest absolute Gasteiger partial charge is 0.480 e. The standard InChI is InChI=1S/C12H10F3NO4/c13-12(14,15)20-8-3-1-2-7(6-8)16-9(17)11(4-5-11)10(18)19/h1-3,6H,4-5H2,(H,16,17)(H,18,19). The summed E-state index contributed by atoms with van der Waals surface area (Å²) in [6.07, 6.45) is -4.40. The van der Waals surface area contributed by atoms with Crippen molar-refractivity contribution in [2.75, 3.05) is 5.32 Å². The average molecular weight is 289 g/mol. The highest BCUT2D eigenvalue weighted by Crippen LogP contribution is 2.46. The largest absolute Gasteiger partial charge is 0.573 e. The molecule has 1 fully saturated rings. The quantitative estimate of drug-likeness (QED) is 0.834. The van der Waals surface area contributed by atoms with Crippen molar-refractivity contribution in [1.29, 1.82) is 0 Å². The van der Waals surface area contributed by atoms with E-state index in [1.54, 1.807) is 0 Å². The van der Waals surface area contributed by atoms with Crippen LogP contribution in [-0.2, 0) is 9.59 Å². The highest BCUT2D eigenvalue weighted by Gasteiger charge is 2.57. The predicted octanol–water partition coefficient (Wildman–Crippen LogP) is 2.39. The number of carbonyl (C=O) groups excluding carboxylic acids is 1. The summed E-state index contributed by atoms with van der Waals surface area (Å²) in [5.41, 5.74) is -1.41. The number of carbonyl (C=O) groups is 2. The van der Waals surface area contributed by atoms with Gasteiger partial charge in [-0.1, -0.05) is 6.07 Å². The molecule has 1 aromatic rings. The lowest BCUT2D eigenvalue weighted by Crippen LogP contribution is -2.31. The van der Waals surface area contributed by atoms with E-state index in [-0.39, 0.29) is 18.5 Å². The molecule has 0 bridgehead atoms. The molecule has 2 N–H and O–H groups in total. The number of carboxylic acid groups (broad SMARTS) is 1. The number of alkyl halides is 3. The third-order valence-electron chi connectivity index (χ3n) is 2.92. The molecular weight excluding hydrogens is 279 g/mol. The van der Waals surface area contributed by atoms with Crippen LogP contribution in [0, 0.1) is 5.41 Å². The van der Waals surface area contributed by atoms with Crippen LogP contribution in [0.3, 0.4) is 0 Å². The lowest BCUT2D eigenvalue weighted by molar-refractivity contribution is -0.274. The number of aliphatic carboxylic acids is 1. The topological polar surface area (TPSA) is 75.6 Å². The summed E-state index contributed by atoms with van der Waals surface area (Å²) in [5, 5.41) is 11.2. The number of nitrogens with one attached hydrogen (secondary N) is 1. The van der Waals surface area contributed by atoms with Crippen LogP contribution in [0.25, 0.3) is 0 Å². The van der Waals surface area contributed by atoms with E-state index in [0.29, 0.717) is 0 Å². The minimum Gasteiger partial charge on any atom is -0.480 e. The number of hydrogen-bond donors (Lipinski definition) is 2. The minimum absolute atomic E-state index is 0.0456. The van der Waals surface area contributed by atoms with Crippen molar-refractivity contribution in [3.8, 4) is 5.75 Å². The van der Waals surface area contributed by atoms with Gasteiger partial charge in [-0.25, -0.2) is 0 Å². The Morgan fingerprint density at radius 1 is 1.30 bits per heavy atom. The number of hydrogen-bond acceptors (Lipinski definition) is 3. The van der Waals surface area contributed by atoms with E-state index < -0.39 is 29.4 Å². The highest BCUT2D eigenvalue weighted by atomic mass is 19.4. The van der Waals surface area contributed by atoms with Crippen LogP contribution < -0.4 is 10.1 Å². The lowest BCUT2D eigenvalue weighted by Gasteiger charge is -2.13. The minimum atomic E-state index is -4.83. The Bertz CT molecular complexity index is 552. The van der Waals surface area contributed by atoms with Gasteiger partial charge in [0.2, 0.25) is 5.91 Å². The van der Waals surface area contributed by atoms with Crippen LogP contribution in [0.15, 0.2) is 24.3 Å². The normalized spacial score (nSPS) is 16.4. The molecule has 1 saturated carbocycles. The second-order valence-corrected chi connectivity index (χ2v) is 4.42. The first-order valence-electron chi connectivity index (χ1n) is 5.64. The van der Waals surface area contributed by atoms with Crippen molar-refractivity contribution in [3.63, 3.8) is 0 Å². The summed E-state index contributed by atoms with van der Waals surface area (Å²) < 4.78 is 39.9. The molecule has 1 amide bonds. The fraction of sp³-hybridized carbons (Fsp3) is 0.333. The summed E-state index contributed by atoms with van der Waals surface area (Å²) in [6.45, 7) is 0. The molecule has 1 aliphatic rings. The second-order valence-electron chi connectivity index (χ2n) is 4.42. The molecule has 2 rings (SSSR count). The van der Waals surface area contributed by atoms with Crippen LogP contribution >= 0.6 is 0 Å². The molecule has 0 atom stereocenters. The number of amides is 1. The molecule has 0 heterocycles. The van der Waals surface area contributed by atoms with Crippen molar-refractivity contribution in [3.05, 3.63) is 24.3 Å². The van der Waals surface area contributed by atoms with E-state index in [1.807, 2.05) is 0 Å². The van der Waals surface area contributed by atoms with Gasteiger partial charge in [0, 0.05) is 11.8 Å². The van der Waals surface area contributed by atoms with Gasteiger partial charge in [0.1, 0.15) is 11.2 Å². The second kappa shape index (κ2) is 4.69. The Balaban J connectivity index is 2.09. The third kappa shape index (κ3) is 3.01. The number of halogens is 3. The highest BCUT2D eigenvalue weighted by molar-refractivity contribution is 6.10. The summed E-state index contributed by atoms with van der Waals surface area (Å²) in [7, 11) is 0. The number of rotatable bonds is 4. The van der Waals surface area contributed by atoms with Crippen LogP contribution in [0.1, 0.15) is 12.8 Å². The molecule has 1 aromatic carbocycles. The number of ether oxygens (including phenoxy) is 1. The summed E-state index contributed by atoms with van der Waals surface area (Å²) >= 11 is 0. The Kier molecular flexibility index (Phi) is 3.33. The number of anilines is 1. The summed E-state index contributed by atoms with van der Waals surface area (Å²) in [4.78, 5) is 22.7. The van der Waals surface area contributed by atoms with E-state index in [1.165, 1.54) is 12.1 Å². The molecule has 8 heteroatoms. The molecule has 0 aromatic heterocycles. The zero-order chi connectivity index (χ0) is 15.0. The van der Waals surface area contributed by atoms with E-state index in [0.717, 1.165) is 12.1 Å². The molecule has 0 spiro atoms. The van der Waals surface area contributed by atoms with Gasteiger partial charge in [-0.15, -0.1) is 13.2 Å². The van der Waals surface area contributed by atoms with Crippen molar-refractivity contribution in [2.24, 2.45) is 5.41 Å². The van der Waals surface area contributed by atoms with Crippen molar-refractivity contribution in [1.82, 2.24) is 0 Å². The Morgan fingerprint density at radius 2 is 1.95 bits per heavy atom. The first-order valence-corrected chi connectivity index (χ1v) is 5.64. The van der Waals surface area contributed by atoms with Gasteiger partial charge in [0.15, 0.2) is 0 Å². The molecule has 0 unspecified atom stereocenters. The Labute approximate surface area is 111 Å². The Morgan fingerprint density at radius 3 is 2.45 bits per heavy atom. The first-order chi connectivity index (χ1) is 9.23. The van der Waals surface area contributed by atoms with Gasteiger partial charge >= 0.3 is 12.3 Å². The predicted molar refractivity (Wildman–Crippen MR) is 61.1 cm³/mol. The van der Waals surface area contributed by atoms with Crippen molar-refractivity contribution in [2.45, 2.75) is 19.2 Å².